The Balaban J connectivity index is 1.95. The highest BCUT2D eigenvalue weighted by atomic mass is 32.2. The Morgan fingerprint density at radius 2 is 2.16 bits per heavy atom. The molecule has 1 unspecified atom stereocenters. The molecule has 0 radical (unpaired) electrons. The quantitative estimate of drug-likeness (QED) is 0.458. The Hall–Kier alpha value is -1.89. The molecule has 0 aliphatic carbocycles. The largest absolute Gasteiger partial charge is 0.496 e. The molecule has 1 fully saturated rings. The van der Waals surface area contributed by atoms with E-state index in [0.29, 0.717) is 17.9 Å². The summed E-state index contributed by atoms with van der Waals surface area (Å²) in [5, 5.41) is 6.68. The second kappa shape index (κ2) is 8.99. The maximum atomic E-state index is 11.9. The lowest BCUT2D eigenvalue weighted by molar-refractivity contribution is 0.0597. The van der Waals surface area contributed by atoms with Crippen LogP contribution in [0.15, 0.2) is 23.2 Å². The fraction of sp³-hybridized carbons (Fsp3) is 0.556. The van der Waals surface area contributed by atoms with E-state index in [2.05, 4.69) is 22.5 Å². The lowest BCUT2D eigenvalue weighted by Gasteiger charge is -2.24. The number of esters is 1. The summed E-state index contributed by atoms with van der Waals surface area (Å²) in [5.41, 5.74) is 1.37. The Kier molecular flexibility index (Phi) is 6.99. The summed E-state index contributed by atoms with van der Waals surface area (Å²) in [7, 11) is 4.65. The Morgan fingerprint density at radius 1 is 1.36 bits per heavy atom. The average molecular weight is 365 g/mol. The van der Waals surface area contributed by atoms with E-state index < -0.39 is 5.97 Å². The zero-order valence-electron chi connectivity index (χ0n) is 15.3. The predicted octanol–water partition coefficient (Wildman–Crippen LogP) is 2.43. The summed E-state index contributed by atoms with van der Waals surface area (Å²) in [6.07, 6.45) is 2.50. The summed E-state index contributed by atoms with van der Waals surface area (Å²) in [6.45, 7) is 3.72. The number of benzene rings is 1. The second-order valence-corrected chi connectivity index (χ2v) is 7.89. The number of thioether (sulfide) groups is 1. The lowest BCUT2D eigenvalue weighted by Crippen LogP contribution is -2.43. The molecule has 1 heterocycles. The van der Waals surface area contributed by atoms with Gasteiger partial charge in [0.15, 0.2) is 5.96 Å². The summed E-state index contributed by atoms with van der Waals surface area (Å²) < 4.78 is 10.3. The summed E-state index contributed by atoms with van der Waals surface area (Å²) in [6, 6.07) is 5.47. The van der Waals surface area contributed by atoms with E-state index in [9.17, 15) is 4.79 Å². The maximum Gasteiger partial charge on any atom is 0.341 e. The molecular formula is C18H27N3O3S. The number of hydrogen-bond donors (Lipinski definition) is 2. The fourth-order valence-corrected chi connectivity index (χ4v) is 4.03. The van der Waals surface area contributed by atoms with Gasteiger partial charge >= 0.3 is 5.97 Å². The average Bonchev–Trinajstić information content (AvgIpc) is 3.07. The van der Waals surface area contributed by atoms with E-state index in [-0.39, 0.29) is 4.75 Å². The number of aliphatic imine (C=N–C) groups is 1. The van der Waals surface area contributed by atoms with E-state index in [1.807, 2.05) is 17.8 Å². The van der Waals surface area contributed by atoms with Crippen LogP contribution < -0.4 is 15.4 Å². The van der Waals surface area contributed by atoms with Gasteiger partial charge in [0.25, 0.3) is 0 Å². The third-order valence-corrected chi connectivity index (χ3v) is 5.82. The van der Waals surface area contributed by atoms with Gasteiger partial charge in [0.2, 0.25) is 0 Å². The van der Waals surface area contributed by atoms with Crippen LogP contribution in [-0.4, -0.2) is 50.2 Å². The minimum atomic E-state index is -0.410. The topological polar surface area (TPSA) is 72.0 Å². The number of carbonyl (C=O) groups is 1. The van der Waals surface area contributed by atoms with Gasteiger partial charge in [-0.3, -0.25) is 4.99 Å². The zero-order chi connectivity index (χ0) is 18.3. The van der Waals surface area contributed by atoms with Gasteiger partial charge in [0.1, 0.15) is 11.3 Å². The van der Waals surface area contributed by atoms with Crippen molar-refractivity contribution in [2.75, 3.05) is 33.6 Å². The first-order valence-electron chi connectivity index (χ1n) is 8.35. The molecule has 0 aromatic heterocycles. The number of nitrogens with one attached hydrogen (secondary N) is 2. The van der Waals surface area contributed by atoms with Crippen molar-refractivity contribution in [1.29, 1.82) is 0 Å². The third kappa shape index (κ3) is 5.29. The van der Waals surface area contributed by atoms with Crippen molar-refractivity contribution in [3.05, 3.63) is 29.3 Å². The molecular weight excluding hydrogens is 338 g/mol. The molecule has 1 aliphatic rings. The molecule has 7 heteroatoms. The highest BCUT2D eigenvalue weighted by Gasteiger charge is 2.29. The van der Waals surface area contributed by atoms with Crippen molar-refractivity contribution in [3.8, 4) is 5.75 Å². The van der Waals surface area contributed by atoms with Crippen LogP contribution in [0.25, 0.3) is 0 Å². The third-order valence-electron chi connectivity index (χ3n) is 4.28. The van der Waals surface area contributed by atoms with Gasteiger partial charge < -0.3 is 20.1 Å². The van der Waals surface area contributed by atoms with Gasteiger partial charge in [0, 0.05) is 24.9 Å². The molecule has 0 bridgehead atoms. The van der Waals surface area contributed by atoms with E-state index in [1.54, 1.807) is 19.2 Å². The van der Waals surface area contributed by atoms with E-state index in [0.717, 1.165) is 18.1 Å². The molecule has 1 saturated heterocycles. The molecule has 25 heavy (non-hydrogen) atoms. The van der Waals surface area contributed by atoms with E-state index >= 15 is 0 Å². The van der Waals surface area contributed by atoms with Gasteiger partial charge in [-0.05, 0) is 43.2 Å². The minimum absolute atomic E-state index is 0.274. The Labute approximate surface area is 153 Å². The normalized spacial score (nSPS) is 20.2. The number of guanidine groups is 1. The first-order chi connectivity index (χ1) is 12.0. The Bertz CT molecular complexity index is 628. The van der Waals surface area contributed by atoms with Gasteiger partial charge in [0.05, 0.1) is 14.2 Å². The highest BCUT2D eigenvalue weighted by Crippen LogP contribution is 2.36. The molecule has 0 saturated carbocycles. The molecule has 0 amide bonds. The van der Waals surface area contributed by atoms with Crippen LogP contribution in [0.3, 0.4) is 0 Å². The summed E-state index contributed by atoms with van der Waals surface area (Å²) >= 11 is 2.01. The van der Waals surface area contributed by atoms with Crippen LogP contribution in [0.4, 0.5) is 0 Å². The molecule has 6 nitrogen and oxygen atoms in total. The minimum Gasteiger partial charge on any atom is -0.496 e. The molecule has 2 N–H and O–H groups in total. The molecule has 1 aromatic carbocycles. The van der Waals surface area contributed by atoms with Crippen molar-refractivity contribution < 1.29 is 14.3 Å². The Morgan fingerprint density at radius 3 is 2.76 bits per heavy atom. The van der Waals surface area contributed by atoms with Crippen LogP contribution in [0.2, 0.25) is 0 Å². The molecule has 1 aromatic rings. The van der Waals surface area contributed by atoms with Crippen LogP contribution in [0.5, 0.6) is 5.75 Å². The number of methoxy groups -OCH3 is 2. The molecule has 0 spiro atoms. The predicted molar refractivity (Wildman–Crippen MR) is 103 cm³/mol. The molecule has 2 rings (SSSR count). The van der Waals surface area contributed by atoms with E-state index in [1.165, 1.54) is 32.8 Å². The monoisotopic (exact) mass is 365 g/mol. The van der Waals surface area contributed by atoms with Gasteiger partial charge in [-0.2, -0.15) is 11.8 Å². The smallest absolute Gasteiger partial charge is 0.341 e. The van der Waals surface area contributed by atoms with Crippen LogP contribution >= 0.6 is 11.8 Å². The maximum absolute atomic E-state index is 11.9. The SMILES string of the molecule is CN=C(NCc1ccc(OC)c(C(=O)OC)c1)NCC1(C)CCCS1. The zero-order valence-corrected chi connectivity index (χ0v) is 16.2. The molecule has 138 valence electrons. The lowest BCUT2D eigenvalue weighted by atomic mass is 10.1. The van der Waals surface area contributed by atoms with Crippen molar-refractivity contribution >= 4 is 23.7 Å². The van der Waals surface area contributed by atoms with Crippen molar-refractivity contribution in [2.45, 2.75) is 31.1 Å². The van der Waals surface area contributed by atoms with Crippen molar-refractivity contribution in [2.24, 2.45) is 4.99 Å². The molecule has 1 atom stereocenters. The van der Waals surface area contributed by atoms with E-state index in [4.69, 9.17) is 9.47 Å². The first-order valence-corrected chi connectivity index (χ1v) is 9.33. The molecule has 1 aliphatic heterocycles. The standard InChI is InChI=1S/C18H27N3O3S/c1-18(8-5-9-25-18)12-21-17(19-2)20-11-13-6-7-15(23-3)14(10-13)16(22)24-4/h6-7,10H,5,8-9,11-12H2,1-4H3,(H2,19,20,21). The fourth-order valence-electron chi connectivity index (χ4n) is 2.79. The van der Waals surface area contributed by atoms with Gasteiger partial charge in [-0.1, -0.05) is 6.07 Å². The highest BCUT2D eigenvalue weighted by molar-refractivity contribution is 8.00. The van der Waals surface area contributed by atoms with Gasteiger partial charge in [-0.15, -0.1) is 0 Å². The van der Waals surface area contributed by atoms with Crippen LogP contribution in [0, 0.1) is 0 Å². The first kappa shape index (κ1) is 19.4. The number of hydrogen-bond acceptors (Lipinski definition) is 5. The number of nitrogens with zero attached hydrogens (tertiary/aromatic N) is 1. The number of carbonyl (C=O) groups excluding carboxylic acids is 1. The van der Waals surface area contributed by atoms with Gasteiger partial charge in [-0.25, -0.2) is 4.79 Å². The van der Waals surface area contributed by atoms with Crippen LogP contribution in [0.1, 0.15) is 35.7 Å². The summed E-state index contributed by atoms with van der Waals surface area (Å²) in [5.74, 6) is 2.08. The summed E-state index contributed by atoms with van der Waals surface area (Å²) in [4.78, 5) is 16.1. The second-order valence-electron chi connectivity index (χ2n) is 6.21. The van der Waals surface area contributed by atoms with Crippen LogP contribution in [-0.2, 0) is 11.3 Å². The van der Waals surface area contributed by atoms with Crippen molar-refractivity contribution in [3.63, 3.8) is 0 Å². The number of rotatable bonds is 6. The number of ether oxygens (including phenoxy) is 2. The van der Waals surface area contributed by atoms with Crippen molar-refractivity contribution in [1.82, 2.24) is 10.6 Å².